The maximum absolute atomic E-state index is 11.6. The maximum Gasteiger partial charge on any atom is 0.177 e. The van der Waals surface area contributed by atoms with Crippen molar-refractivity contribution in [2.45, 2.75) is 10.9 Å². The number of para-hydroxylation sites is 1. The number of sulfone groups is 2. The third kappa shape index (κ3) is 2.91. The van der Waals surface area contributed by atoms with Gasteiger partial charge in [-0.3, -0.25) is 0 Å². The van der Waals surface area contributed by atoms with Gasteiger partial charge in [-0.05, 0) is 12.1 Å². The molecule has 1 aromatic carbocycles. The van der Waals surface area contributed by atoms with Gasteiger partial charge in [0.15, 0.2) is 19.7 Å². The van der Waals surface area contributed by atoms with Gasteiger partial charge < -0.3 is 5.32 Å². The molecular formula is C11H13NO4S2. The summed E-state index contributed by atoms with van der Waals surface area (Å²) in [7, 11) is -6.50. The van der Waals surface area contributed by atoms with Crippen molar-refractivity contribution in [2.24, 2.45) is 0 Å². The molecule has 98 valence electrons. The molecule has 0 amide bonds. The summed E-state index contributed by atoms with van der Waals surface area (Å²) >= 11 is 0. The van der Waals surface area contributed by atoms with Crippen LogP contribution in [-0.2, 0) is 19.7 Å². The van der Waals surface area contributed by atoms with Gasteiger partial charge in [0, 0.05) is 11.7 Å². The van der Waals surface area contributed by atoms with Crippen LogP contribution in [0.2, 0.25) is 0 Å². The first-order valence-corrected chi connectivity index (χ1v) is 8.85. The second-order valence-electron chi connectivity index (χ2n) is 4.18. The summed E-state index contributed by atoms with van der Waals surface area (Å²) in [5.74, 6) is -0.0505. The molecule has 0 bridgehead atoms. The third-order valence-corrected chi connectivity index (χ3v) is 5.11. The predicted molar refractivity (Wildman–Crippen MR) is 69.9 cm³/mol. The molecule has 0 aromatic heterocycles. The lowest BCUT2D eigenvalue weighted by molar-refractivity contribution is 0.602. The van der Waals surface area contributed by atoms with E-state index in [1.54, 1.807) is 18.2 Å². The predicted octanol–water partition coefficient (Wildman–Crippen LogP) is 0.813. The Morgan fingerprint density at radius 2 is 1.94 bits per heavy atom. The molecule has 0 aliphatic carbocycles. The molecule has 7 heteroatoms. The van der Waals surface area contributed by atoms with Crippen LogP contribution in [0.5, 0.6) is 0 Å². The summed E-state index contributed by atoms with van der Waals surface area (Å²) in [6.45, 7) is 0. The topological polar surface area (TPSA) is 80.3 Å². The minimum Gasteiger partial charge on any atom is -0.377 e. The van der Waals surface area contributed by atoms with Crippen LogP contribution in [0.3, 0.4) is 0 Å². The molecule has 0 saturated carbocycles. The molecule has 1 unspecified atom stereocenters. The first kappa shape index (κ1) is 13.1. The zero-order valence-electron chi connectivity index (χ0n) is 9.70. The van der Waals surface area contributed by atoms with Crippen LogP contribution in [0.15, 0.2) is 40.6 Å². The molecule has 1 atom stereocenters. The summed E-state index contributed by atoms with van der Waals surface area (Å²) < 4.78 is 45.7. The minimum atomic E-state index is -3.34. The highest BCUT2D eigenvalue weighted by atomic mass is 32.2. The molecule has 1 aromatic rings. The van der Waals surface area contributed by atoms with Gasteiger partial charge in [-0.25, -0.2) is 16.8 Å². The molecule has 2 rings (SSSR count). The van der Waals surface area contributed by atoms with E-state index >= 15 is 0 Å². The lowest BCUT2D eigenvalue weighted by Crippen LogP contribution is -2.22. The first-order valence-electron chi connectivity index (χ1n) is 5.24. The van der Waals surface area contributed by atoms with Gasteiger partial charge in [-0.1, -0.05) is 18.2 Å². The van der Waals surface area contributed by atoms with Crippen molar-refractivity contribution in [1.29, 1.82) is 0 Å². The Morgan fingerprint density at radius 3 is 2.50 bits per heavy atom. The van der Waals surface area contributed by atoms with Crippen molar-refractivity contribution in [3.05, 3.63) is 35.7 Å². The Hall–Kier alpha value is -1.34. The molecule has 5 nitrogen and oxygen atoms in total. The molecule has 0 saturated heterocycles. The number of rotatable bonds is 3. The molecule has 1 aliphatic rings. The highest BCUT2D eigenvalue weighted by Crippen LogP contribution is 2.23. The third-order valence-electron chi connectivity index (χ3n) is 2.56. The van der Waals surface area contributed by atoms with Crippen LogP contribution < -0.4 is 5.32 Å². The van der Waals surface area contributed by atoms with E-state index in [1.807, 2.05) is 0 Å². The average Bonchev–Trinajstić information content (AvgIpc) is 2.57. The SMILES string of the molecule is CS(=O)(=O)c1ccccc1NC1C=CS(=O)(=O)C1. The fourth-order valence-electron chi connectivity index (χ4n) is 1.77. The maximum atomic E-state index is 11.6. The number of nitrogens with one attached hydrogen (secondary N) is 1. The lowest BCUT2D eigenvalue weighted by atomic mass is 10.2. The van der Waals surface area contributed by atoms with E-state index in [0.29, 0.717) is 5.69 Å². The van der Waals surface area contributed by atoms with Crippen LogP contribution in [0.4, 0.5) is 5.69 Å². The lowest BCUT2D eigenvalue weighted by Gasteiger charge is -2.14. The van der Waals surface area contributed by atoms with Gasteiger partial charge in [-0.2, -0.15) is 0 Å². The van der Waals surface area contributed by atoms with Gasteiger partial charge in [-0.15, -0.1) is 0 Å². The number of hydrogen-bond donors (Lipinski definition) is 1. The largest absolute Gasteiger partial charge is 0.377 e. The molecule has 0 spiro atoms. The molecule has 18 heavy (non-hydrogen) atoms. The van der Waals surface area contributed by atoms with Crippen LogP contribution in [0.1, 0.15) is 0 Å². The van der Waals surface area contributed by atoms with E-state index in [2.05, 4.69) is 5.32 Å². The van der Waals surface area contributed by atoms with Crippen LogP contribution >= 0.6 is 0 Å². The van der Waals surface area contributed by atoms with Gasteiger partial charge >= 0.3 is 0 Å². The van der Waals surface area contributed by atoms with Crippen molar-refractivity contribution in [1.82, 2.24) is 0 Å². The van der Waals surface area contributed by atoms with E-state index in [1.165, 1.54) is 12.1 Å². The molecule has 0 radical (unpaired) electrons. The van der Waals surface area contributed by atoms with E-state index < -0.39 is 25.7 Å². The Bertz CT molecular complexity index is 690. The van der Waals surface area contributed by atoms with Gasteiger partial charge in [0.05, 0.1) is 22.4 Å². The van der Waals surface area contributed by atoms with Crippen molar-refractivity contribution in [3.63, 3.8) is 0 Å². The van der Waals surface area contributed by atoms with Crippen LogP contribution in [0, 0.1) is 0 Å². The van der Waals surface area contributed by atoms with Gasteiger partial charge in [0.2, 0.25) is 0 Å². The average molecular weight is 287 g/mol. The fraction of sp³-hybridized carbons (Fsp3) is 0.273. The smallest absolute Gasteiger partial charge is 0.177 e. The Labute approximate surface area is 106 Å². The Morgan fingerprint density at radius 1 is 1.28 bits per heavy atom. The second-order valence-corrected chi connectivity index (χ2v) is 8.09. The molecular weight excluding hydrogens is 274 g/mol. The minimum absolute atomic E-state index is 0.0505. The van der Waals surface area contributed by atoms with Crippen LogP contribution in [0.25, 0.3) is 0 Å². The van der Waals surface area contributed by atoms with Crippen molar-refractivity contribution < 1.29 is 16.8 Å². The first-order chi connectivity index (χ1) is 8.28. The van der Waals surface area contributed by atoms with E-state index in [4.69, 9.17) is 0 Å². The Balaban J connectivity index is 2.29. The summed E-state index contributed by atoms with van der Waals surface area (Å²) in [5, 5.41) is 4.07. The Kier molecular flexibility index (Phi) is 3.20. The van der Waals surface area contributed by atoms with Gasteiger partial charge in [0.25, 0.3) is 0 Å². The van der Waals surface area contributed by atoms with Crippen molar-refractivity contribution in [2.75, 3.05) is 17.3 Å². The summed E-state index contributed by atoms with van der Waals surface area (Å²) in [6, 6.07) is 6.05. The van der Waals surface area contributed by atoms with E-state index in [-0.39, 0.29) is 10.6 Å². The van der Waals surface area contributed by atoms with E-state index in [0.717, 1.165) is 11.7 Å². The monoisotopic (exact) mass is 287 g/mol. The summed E-state index contributed by atoms with van der Waals surface area (Å²) in [5.41, 5.74) is 0.423. The fourth-order valence-corrected chi connectivity index (χ4v) is 3.86. The molecule has 1 N–H and O–H groups in total. The second kappa shape index (κ2) is 4.40. The zero-order chi connectivity index (χ0) is 13.4. The van der Waals surface area contributed by atoms with Crippen molar-refractivity contribution >= 4 is 25.4 Å². The van der Waals surface area contributed by atoms with Crippen molar-refractivity contribution in [3.8, 4) is 0 Å². The number of anilines is 1. The summed E-state index contributed by atoms with van der Waals surface area (Å²) in [4.78, 5) is 0.169. The number of benzene rings is 1. The molecule has 1 heterocycles. The summed E-state index contributed by atoms with van der Waals surface area (Å²) in [6.07, 6.45) is 2.64. The quantitative estimate of drug-likeness (QED) is 0.890. The number of hydrogen-bond acceptors (Lipinski definition) is 5. The van der Waals surface area contributed by atoms with Gasteiger partial charge in [0.1, 0.15) is 0 Å². The zero-order valence-corrected chi connectivity index (χ0v) is 11.3. The highest BCUT2D eigenvalue weighted by Gasteiger charge is 2.23. The van der Waals surface area contributed by atoms with E-state index in [9.17, 15) is 16.8 Å². The van der Waals surface area contributed by atoms with Crippen LogP contribution in [-0.4, -0.2) is 34.9 Å². The standard InChI is InChI=1S/C11H13NO4S2/c1-17(13,14)11-5-3-2-4-10(11)12-9-6-7-18(15,16)8-9/h2-7,9,12H,8H2,1H3. The molecule has 1 aliphatic heterocycles. The highest BCUT2D eigenvalue weighted by molar-refractivity contribution is 7.94. The normalized spacial score (nSPS) is 21.9. The molecule has 0 fully saturated rings.